The van der Waals surface area contributed by atoms with E-state index in [-0.39, 0.29) is 5.91 Å². The number of hydrogen-bond donors (Lipinski definition) is 2. The Morgan fingerprint density at radius 1 is 1.30 bits per heavy atom. The summed E-state index contributed by atoms with van der Waals surface area (Å²) < 4.78 is 5.77. The Morgan fingerprint density at radius 3 is 2.70 bits per heavy atom. The molecule has 2 fully saturated rings. The van der Waals surface area contributed by atoms with Crippen molar-refractivity contribution in [2.75, 3.05) is 25.0 Å². The molecule has 1 aromatic rings. The molecule has 1 aromatic carbocycles. The third-order valence-electron chi connectivity index (χ3n) is 4.00. The van der Waals surface area contributed by atoms with Crippen LogP contribution >= 0.6 is 0 Å². The fourth-order valence-corrected chi connectivity index (χ4v) is 3.04. The second-order valence-corrected chi connectivity index (χ2v) is 5.56. The van der Waals surface area contributed by atoms with Gasteiger partial charge in [0.1, 0.15) is 0 Å². The lowest BCUT2D eigenvalue weighted by molar-refractivity contribution is -0.119. The minimum absolute atomic E-state index is 0.0206. The van der Waals surface area contributed by atoms with Gasteiger partial charge in [-0.05, 0) is 24.5 Å². The van der Waals surface area contributed by atoms with Crippen molar-refractivity contribution in [3.8, 4) is 0 Å². The molecule has 0 radical (unpaired) electrons. The molecule has 5 heteroatoms. The van der Waals surface area contributed by atoms with Crippen molar-refractivity contribution in [3.05, 3.63) is 29.8 Å². The first kappa shape index (κ1) is 13.5. The van der Waals surface area contributed by atoms with Gasteiger partial charge in [-0.3, -0.25) is 9.69 Å². The molecule has 0 aromatic heterocycles. The maximum Gasteiger partial charge on any atom is 0.238 e. The summed E-state index contributed by atoms with van der Waals surface area (Å²) in [5.41, 5.74) is 7.45. The molecule has 20 heavy (non-hydrogen) atoms. The molecule has 5 nitrogen and oxygen atoms in total. The van der Waals surface area contributed by atoms with Crippen molar-refractivity contribution >= 4 is 11.6 Å². The fourth-order valence-electron chi connectivity index (χ4n) is 3.04. The topological polar surface area (TPSA) is 67.6 Å². The van der Waals surface area contributed by atoms with Gasteiger partial charge in [-0.25, -0.2) is 0 Å². The van der Waals surface area contributed by atoms with Gasteiger partial charge in [0.05, 0.1) is 18.8 Å². The summed E-state index contributed by atoms with van der Waals surface area (Å²) in [6.07, 6.45) is 2.88. The summed E-state index contributed by atoms with van der Waals surface area (Å²) in [6, 6.07) is 7.66. The molecule has 2 bridgehead atoms. The number of nitrogens with one attached hydrogen (secondary N) is 1. The van der Waals surface area contributed by atoms with Gasteiger partial charge in [0.25, 0.3) is 0 Å². The van der Waals surface area contributed by atoms with E-state index in [1.165, 1.54) is 0 Å². The van der Waals surface area contributed by atoms with Crippen molar-refractivity contribution in [3.63, 3.8) is 0 Å². The van der Waals surface area contributed by atoms with Crippen LogP contribution in [0, 0.1) is 0 Å². The summed E-state index contributed by atoms with van der Waals surface area (Å²) in [5, 5.41) is 2.96. The molecule has 2 unspecified atom stereocenters. The van der Waals surface area contributed by atoms with Crippen LogP contribution in [-0.4, -0.2) is 42.6 Å². The number of carbonyl (C=O) groups excluding carboxylic acids is 1. The van der Waals surface area contributed by atoms with E-state index in [4.69, 9.17) is 10.5 Å². The minimum Gasteiger partial charge on any atom is -0.372 e. The maximum absolute atomic E-state index is 12.1. The van der Waals surface area contributed by atoms with Gasteiger partial charge in [-0.1, -0.05) is 18.2 Å². The number of likely N-dealkylation sites (tertiary alicyclic amines) is 1. The summed E-state index contributed by atoms with van der Waals surface area (Å²) in [6.45, 7) is 2.58. The van der Waals surface area contributed by atoms with Crippen LogP contribution in [0.15, 0.2) is 24.3 Å². The minimum atomic E-state index is 0.0206. The number of anilines is 1. The predicted molar refractivity (Wildman–Crippen MR) is 77.3 cm³/mol. The molecule has 0 spiro atoms. The smallest absolute Gasteiger partial charge is 0.238 e. The molecular formula is C15H21N3O2. The van der Waals surface area contributed by atoms with Gasteiger partial charge < -0.3 is 15.8 Å². The van der Waals surface area contributed by atoms with E-state index >= 15 is 0 Å². The second kappa shape index (κ2) is 5.91. The van der Waals surface area contributed by atoms with Crippen LogP contribution < -0.4 is 11.1 Å². The number of fused-ring (bicyclic) bond motifs is 2. The number of hydrogen-bond acceptors (Lipinski definition) is 4. The van der Waals surface area contributed by atoms with Crippen LogP contribution in [-0.2, 0) is 16.1 Å². The molecule has 2 saturated heterocycles. The molecule has 1 amide bonds. The molecule has 2 aliphatic heterocycles. The van der Waals surface area contributed by atoms with Gasteiger partial charge in [0.15, 0.2) is 0 Å². The highest BCUT2D eigenvalue weighted by Crippen LogP contribution is 2.26. The summed E-state index contributed by atoms with van der Waals surface area (Å²) >= 11 is 0. The molecule has 2 atom stereocenters. The van der Waals surface area contributed by atoms with Crippen molar-refractivity contribution in [1.82, 2.24) is 4.90 Å². The van der Waals surface area contributed by atoms with E-state index in [2.05, 4.69) is 10.2 Å². The molecule has 0 aliphatic carbocycles. The molecule has 0 saturated carbocycles. The highest BCUT2D eigenvalue weighted by atomic mass is 16.5. The van der Waals surface area contributed by atoms with Crippen LogP contribution in [0.2, 0.25) is 0 Å². The van der Waals surface area contributed by atoms with E-state index in [0.717, 1.165) is 37.2 Å². The number of nitrogens with zero attached hydrogens (tertiary/aromatic N) is 1. The summed E-state index contributed by atoms with van der Waals surface area (Å²) in [5.74, 6) is 0.0206. The molecule has 2 heterocycles. The van der Waals surface area contributed by atoms with Gasteiger partial charge in [0.2, 0.25) is 5.91 Å². The first-order valence-electron chi connectivity index (χ1n) is 7.20. The second-order valence-electron chi connectivity index (χ2n) is 5.56. The standard InChI is InChI=1S/C15H21N3O2/c16-7-11-3-1-2-4-14(11)17-15(19)10-18-8-12-5-6-13(9-18)20-12/h1-4,12-13H,5-10,16H2,(H,17,19). The van der Waals surface area contributed by atoms with Crippen molar-refractivity contribution < 1.29 is 9.53 Å². The zero-order chi connectivity index (χ0) is 13.9. The third kappa shape index (κ3) is 3.00. The van der Waals surface area contributed by atoms with E-state index in [0.29, 0.717) is 25.3 Å². The number of ether oxygens (including phenoxy) is 1. The van der Waals surface area contributed by atoms with Gasteiger partial charge in [0, 0.05) is 25.3 Å². The molecular weight excluding hydrogens is 254 g/mol. The number of para-hydroxylation sites is 1. The average Bonchev–Trinajstić information content (AvgIpc) is 2.78. The Kier molecular flexibility index (Phi) is 4.00. The van der Waals surface area contributed by atoms with Gasteiger partial charge >= 0.3 is 0 Å². The Morgan fingerprint density at radius 2 is 2.00 bits per heavy atom. The number of rotatable bonds is 4. The van der Waals surface area contributed by atoms with Crippen LogP contribution in [0.1, 0.15) is 18.4 Å². The fraction of sp³-hybridized carbons (Fsp3) is 0.533. The Hall–Kier alpha value is -1.43. The largest absolute Gasteiger partial charge is 0.372 e. The van der Waals surface area contributed by atoms with E-state index in [1.54, 1.807) is 0 Å². The summed E-state index contributed by atoms with van der Waals surface area (Å²) in [4.78, 5) is 14.3. The lowest BCUT2D eigenvalue weighted by Crippen LogP contribution is -2.45. The monoisotopic (exact) mass is 275 g/mol. The predicted octanol–water partition coefficient (Wildman–Crippen LogP) is 0.947. The van der Waals surface area contributed by atoms with Crippen LogP contribution in [0.4, 0.5) is 5.69 Å². The van der Waals surface area contributed by atoms with E-state index in [9.17, 15) is 4.79 Å². The Balaban J connectivity index is 1.57. The maximum atomic E-state index is 12.1. The molecule has 3 rings (SSSR count). The van der Waals surface area contributed by atoms with Crippen LogP contribution in [0.5, 0.6) is 0 Å². The zero-order valence-electron chi connectivity index (χ0n) is 11.5. The van der Waals surface area contributed by atoms with Crippen molar-refractivity contribution in [2.45, 2.75) is 31.6 Å². The number of carbonyl (C=O) groups is 1. The number of nitrogens with two attached hydrogens (primary N) is 1. The highest BCUT2D eigenvalue weighted by Gasteiger charge is 2.34. The van der Waals surface area contributed by atoms with Crippen LogP contribution in [0.25, 0.3) is 0 Å². The first-order chi connectivity index (χ1) is 9.74. The number of morpholine rings is 1. The van der Waals surface area contributed by atoms with E-state index < -0.39 is 0 Å². The number of amides is 1. The Bertz CT molecular complexity index is 480. The van der Waals surface area contributed by atoms with Crippen molar-refractivity contribution in [1.29, 1.82) is 0 Å². The average molecular weight is 275 g/mol. The molecule has 2 aliphatic rings. The Labute approximate surface area is 119 Å². The quantitative estimate of drug-likeness (QED) is 0.858. The van der Waals surface area contributed by atoms with Crippen LogP contribution in [0.3, 0.4) is 0 Å². The highest BCUT2D eigenvalue weighted by molar-refractivity contribution is 5.93. The summed E-state index contributed by atoms with van der Waals surface area (Å²) in [7, 11) is 0. The van der Waals surface area contributed by atoms with Gasteiger partial charge in [-0.2, -0.15) is 0 Å². The molecule has 3 N–H and O–H groups in total. The lowest BCUT2D eigenvalue weighted by atomic mass is 10.2. The third-order valence-corrected chi connectivity index (χ3v) is 4.00. The van der Waals surface area contributed by atoms with Gasteiger partial charge in [-0.15, -0.1) is 0 Å². The first-order valence-corrected chi connectivity index (χ1v) is 7.20. The molecule has 108 valence electrons. The van der Waals surface area contributed by atoms with Crippen molar-refractivity contribution in [2.24, 2.45) is 5.73 Å². The normalized spacial score (nSPS) is 25.6. The number of benzene rings is 1. The zero-order valence-corrected chi connectivity index (χ0v) is 11.5. The SMILES string of the molecule is NCc1ccccc1NC(=O)CN1CC2CCC(C1)O2. The lowest BCUT2D eigenvalue weighted by Gasteiger charge is -2.31. The van der Waals surface area contributed by atoms with E-state index in [1.807, 2.05) is 24.3 Å².